The molecule has 0 saturated carbocycles. The average molecular weight is 271 g/mol. The number of alkyl carbamates (subject to hydrolysis) is 1. The minimum absolute atomic E-state index is 0.357. The van der Waals surface area contributed by atoms with Crippen LogP contribution in [0.3, 0.4) is 0 Å². The molecule has 0 atom stereocenters. The van der Waals surface area contributed by atoms with E-state index in [0.717, 1.165) is 11.1 Å². The van der Waals surface area contributed by atoms with Crippen molar-refractivity contribution in [1.82, 2.24) is 5.32 Å². The number of aryl methyl sites for hydroxylation is 1. The Morgan fingerprint density at radius 1 is 1.44 bits per heavy atom. The molecule has 0 aliphatic carbocycles. The Balaban J connectivity index is 2.62. The minimum atomic E-state index is -0.501. The predicted molar refractivity (Wildman–Crippen MR) is 73.7 cm³/mol. The number of nitrogens with one attached hydrogen (secondary N) is 1. The summed E-state index contributed by atoms with van der Waals surface area (Å²) in [6.45, 7) is 7.68. The predicted octanol–water partition coefficient (Wildman–Crippen LogP) is 3.26. The molecule has 0 aliphatic heterocycles. The fourth-order valence-corrected chi connectivity index (χ4v) is 1.71. The summed E-state index contributed by atoms with van der Waals surface area (Å²) in [6, 6.07) is 3.62. The van der Waals surface area contributed by atoms with Crippen molar-refractivity contribution in [2.24, 2.45) is 0 Å². The van der Waals surface area contributed by atoms with Crippen molar-refractivity contribution in [3.8, 4) is 0 Å². The third-order valence-electron chi connectivity index (χ3n) is 2.23. The monoisotopic (exact) mass is 270 g/mol. The van der Waals surface area contributed by atoms with E-state index in [2.05, 4.69) is 5.32 Å². The number of hydrogen-bond donors (Lipinski definition) is 2. The summed E-state index contributed by atoms with van der Waals surface area (Å²) < 4.78 is 5.14. The SMILES string of the molecule is Cc1cc(CNC(=O)OC(C)(C)C)cc(Cl)c1N. The first kappa shape index (κ1) is 14.6. The van der Waals surface area contributed by atoms with Crippen molar-refractivity contribution in [3.63, 3.8) is 0 Å². The van der Waals surface area contributed by atoms with Crippen LogP contribution >= 0.6 is 11.6 Å². The van der Waals surface area contributed by atoms with Gasteiger partial charge in [-0.3, -0.25) is 0 Å². The molecule has 0 bridgehead atoms. The van der Waals surface area contributed by atoms with Gasteiger partial charge < -0.3 is 15.8 Å². The summed E-state index contributed by atoms with van der Waals surface area (Å²) in [4.78, 5) is 11.5. The third-order valence-corrected chi connectivity index (χ3v) is 2.54. The second kappa shape index (κ2) is 5.48. The Morgan fingerprint density at radius 3 is 2.56 bits per heavy atom. The molecule has 18 heavy (non-hydrogen) atoms. The van der Waals surface area contributed by atoms with Crippen LogP contribution in [0.5, 0.6) is 0 Å². The zero-order chi connectivity index (χ0) is 13.9. The van der Waals surface area contributed by atoms with Gasteiger partial charge in [-0.05, 0) is 44.9 Å². The number of ether oxygens (including phenoxy) is 1. The van der Waals surface area contributed by atoms with Gasteiger partial charge in [-0.1, -0.05) is 17.7 Å². The van der Waals surface area contributed by atoms with Gasteiger partial charge in [0.25, 0.3) is 0 Å². The van der Waals surface area contributed by atoms with Crippen LogP contribution in [0.4, 0.5) is 10.5 Å². The lowest BCUT2D eigenvalue weighted by molar-refractivity contribution is 0.0523. The number of amides is 1. The first-order chi connectivity index (χ1) is 8.19. The number of rotatable bonds is 2. The topological polar surface area (TPSA) is 64.3 Å². The molecule has 4 nitrogen and oxygen atoms in total. The number of anilines is 1. The van der Waals surface area contributed by atoms with E-state index in [-0.39, 0.29) is 0 Å². The molecule has 0 aliphatic rings. The maximum atomic E-state index is 11.5. The Morgan fingerprint density at radius 2 is 2.06 bits per heavy atom. The summed E-state index contributed by atoms with van der Waals surface area (Å²) in [7, 11) is 0. The van der Waals surface area contributed by atoms with Crippen molar-refractivity contribution in [1.29, 1.82) is 0 Å². The normalized spacial score (nSPS) is 11.2. The van der Waals surface area contributed by atoms with Crippen LogP contribution in [0.25, 0.3) is 0 Å². The van der Waals surface area contributed by atoms with Crippen LogP contribution in [-0.4, -0.2) is 11.7 Å². The minimum Gasteiger partial charge on any atom is -0.444 e. The van der Waals surface area contributed by atoms with Crippen LogP contribution in [0, 0.1) is 6.92 Å². The number of hydrogen-bond acceptors (Lipinski definition) is 3. The van der Waals surface area contributed by atoms with E-state index in [1.807, 2.05) is 33.8 Å². The maximum absolute atomic E-state index is 11.5. The Hall–Kier alpha value is -1.42. The smallest absolute Gasteiger partial charge is 0.407 e. The lowest BCUT2D eigenvalue weighted by Crippen LogP contribution is -2.32. The van der Waals surface area contributed by atoms with Gasteiger partial charge in [0.2, 0.25) is 0 Å². The molecular weight excluding hydrogens is 252 g/mol. The van der Waals surface area contributed by atoms with Crippen molar-refractivity contribution >= 4 is 23.4 Å². The van der Waals surface area contributed by atoms with E-state index in [9.17, 15) is 4.79 Å². The third kappa shape index (κ3) is 4.45. The molecule has 5 heteroatoms. The van der Waals surface area contributed by atoms with E-state index in [4.69, 9.17) is 22.1 Å². The number of halogens is 1. The molecule has 0 saturated heterocycles. The fourth-order valence-electron chi connectivity index (χ4n) is 1.42. The van der Waals surface area contributed by atoms with Gasteiger partial charge in [-0.25, -0.2) is 4.79 Å². The zero-order valence-corrected chi connectivity index (χ0v) is 11.9. The lowest BCUT2D eigenvalue weighted by Gasteiger charge is -2.19. The van der Waals surface area contributed by atoms with E-state index >= 15 is 0 Å². The van der Waals surface area contributed by atoms with E-state index < -0.39 is 11.7 Å². The van der Waals surface area contributed by atoms with Crippen LogP contribution in [0.1, 0.15) is 31.9 Å². The highest BCUT2D eigenvalue weighted by atomic mass is 35.5. The molecule has 0 radical (unpaired) electrons. The molecule has 0 unspecified atom stereocenters. The molecule has 3 N–H and O–H groups in total. The van der Waals surface area contributed by atoms with E-state index in [0.29, 0.717) is 17.3 Å². The van der Waals surface area contributed by atoms with Gasteiger partial charge in [0.05, 0.1) is 10.7 Å². The number of carbonyl (C=O) groups is 1. The van der Waals surface area contributed by atoms with Gasteiger partial charge in [0.1, 0.15) is 5.60 Å². The zero-order valence-electron chi connectivity index (χ0n) is 11.1. The first-order valence-electron chi connectivity index (χ1n) is 5.70. The molecule has 1 amide bonds. The summed E-state index contributed by atoms with van der Waals surface area (Å²) >= 11 is 5.97. The number of carbonyl (C=O) groups excluding carboxylic acids is 1. The Bertz CT molecular complexity index is 430. The average Bonchev–Trinajstić information content (AvgIpc) is 2.20. The lowest BCUT2D eigenvalue weighted by atomic mass is 10.1. The van der Waals surface area contributed by atoms with Crippen molar-refractivity contribution in [2.45, 2.75) is 39.8 Å². The number of benzene rings is 1. The number of nitrogen functional groups attached to an aromatic ring is 1. The molecule has 0 aromatic heterocycles. The summed E-state index contributed by atoms with van der Waals surface area (Å²) in [5.74, 6) is 0. The van der Waals surface area contributed by atoms with Crippen LogP contribution in [0.2, 0.25) is 5.02 Å². The summed E-state index contributed by atoms with van der Waals surface area (Å²) in [5, 5.41) is 3.17. The summed E-state index contributed by atoms with van der Waals surface area (Å²) in [5.41, 5.74) is 7.59. The molecule has 100 valence electrons. The maximum Gasteiger partial charge on any atom is 0.407 e. The Labute approximate surface area is 112 Å². The molecule has 0 fully saturated rings. The van der Waals surface area contributed by atoms with Crippen molar-refractivity contribution in [3.05, 3.63) is 28.3 Å². The molecule has 1 rings (SSSR count). The van der Waals surface area contributed by atoms with Crippen molar-refractivity contribution in [2.75, 3.05) is 5.73 Å². The second-order valence-corrected chi connectivity index (χ2v) is 5.57. The quantitative estimate of drug-likeness (QED) is 0.811. The standard InChI is InChI=1S/C13H19ClN2O2/c1-8-5-9(6-10(14)11(8)15)7-16-12(17)18-13(2,3)4/h5-6H,7,15H2,1-4H3,(H,16,17). The molecule has 1 aromatic carbocycles. The van der Waals surface area contributed by atoms with Gasteiger partial charge in [-0.2, -0.15) is 0 Å². The molecule has 0 spiro atoms. The van der Waals surface area contributed by atoms with E-state index in [1.54, 1.807) is 6.07 Å². The van der Waals surface area contributed by atoms with Gasteiger partial charge in [0.15, 0.2) is 0 Å². The fraction of sp³-hybridized carbons (Fsp3) is 0.462. The van der Waals surface area contributed by atoms with Crippen molar-refractivity contribution < 1.29 is 9.53 Å². The molecule has 1 aromatic rings. The van der Waals surface area contributed by atoms with Crippen LogP contribution in [0.15, 0.2) is 12.1 Å². The Kier molecular flexibility index (Phi) is 4.46. The van der Waals surface area contributed by atoms with Gasteiger partial charge in [0, 0.05) is 6.54 Å². The highest BCUT2D eigenvalue weighted by molar-refractivity contribution is 6.33. The summed E-state index contributed by atoms with van der Waals surface area (Å²) in [6.07, 6.45) is -0.451. The largest absolute Gasteiger partial charge is 0.444 e. The van der Waals surface area contributed by atoms with Gasteiger partial charge in [-0.15, -0.1) is 0 Å². The second-order valence-electron chi connectivity index (χ2n) is 5.16. The van der Waals surface area contributed by atoms with Crippen LogP contribution in [-0.2, 0) is 11.3 Å². The molecular formula is C13H19ClN2O2. The van der Waals surface area contributed by atoms with Crippen LogP contribution < -0.4 is 11.1 Å². The highest BCUT2D eigenvalue weighted by Crippen LogP contribution is 2.24. The van der Waals surface area contributed by atoms with E-state index in [1.165, 1.54) is 0 Å². The number of nitrogens with two attached hydrogens (primary N) is 1. The first-order valence-corrected chi connectivity index (χ1v) is 6.08. The highest BCUT2D eigenvalue weighted by Gasteiger charge is 2.15. The molecule has 0 heterocycles. The van der Waals surface area contributed by atoms with Gasteiger partial charge >= 0.3 is 6.09 Å².